The Kier molecular flexibility index (Phi) is 8.48. The van der Waals surface area contributed by atoms with Gasteiger partial charge in [-0.25, -0.2) is 9.98 Å². The first-order valence-corrected chi connectivity index (χ1v) is 14.5. The van der Waals surface area contributed by atoms with Gasteiger partial charge in [0, 0.05) is 13.2 Å². The highest BCUT2D eigenvalue weighted by Crippen LogP contribution is 2.41. The number of para-hydroxylation sites is 2. The standard InChI is InChI=1S/C36H52N4/c1-23(37-30-25(33(3,4)5)18-16-19-26(30)34(6,7)8)29-22-40(15)32(39-29)24(2)38-31-27(35(9,10)11)20-17-21-28(31)36(12,13)14/h16-22H,1-15H3. The maximum atomic E-state index is 5.27. The number of hydrogen-bond acceptors (Lipinski definition) is 3. The molecular formula is C36H52N4. The van der Waals surface area contributed by atoms with Gasteiger partial charge in [0.15, 0.2) is 5.82 Å². The summed E-state index contributed by atoms with van der Waals surface area (Å²) in [6.45, 7) is 31.2. The SMILES string of the molecule is CC(=Nc1c(C(C)(C)C)cccc1C(C)(C)C)c1cn(C)c(C(C)=Nc2c(C(C)(C)C)cccc2C(C)(C)C)n1. The molecule has 0 spiro atoms. The zero-order valence-electron chi connectivity index (χ0n) is 27.8. The van der Waals surface area contributed by atoms with Crippen LogP contribution in [0.4, 0.5) is 11.4 Å². The molecule has 0 fully saturated rings. The second-order valence-electron chi connectivity index (χ2n) is 15.4. The fraction of sp³-hybridized carbons (Fsp3) is 0.528. The van der Waals surface area contributed by atoms with Crippen LogP contribution < -0.4 is 0 Å². The summed E-state index contributed by atoms with van der Waals surface area (Å²) >= 11 is 0. The Morgan fingerprint density at radius 1 is 0.575 bits per heavy atom. The Labute approximate surface area is 244 Å². The van der Waals surface area contributed by atoms with Crippen molar-refractivity contribution < 1.29 is 0 Å². The Morgan fingerprint density at radius 2 is 0.900 bits per heavy atom. The summed E-state index contributed by atoms with van der Waals surface area (Å²) < 4.78 is 2.07. The molecular weight excluding hydrogens is 488 g/mol. The summed E-state index contributed by atoms with van der Waals surface area (Å²) in [4.78, 5) is 15.6. The summed E-state index contributed by atoms with van der Waals surface area (Å²) in [6, 6.07) is 13.2. The van der Waals surface area contributed by atoms with E-state index in [1.54, 1.807) is 0 Å². The summed E-state index contributed by atoms with van der Waals surface area (Å²) in [5.74, 6) is 0.855. The zero-order valence-corrected chi connectivity index (χ0v) is 27.8. The molecule has 0 unspecified atom stereocenters. The van der Waals surface area contributed by atoms with E-state index in [2.05, 4.69) is 144 Å². The van der Waals surface area contributed by atoms with E-state index in [0.29, 0.717) is 0 Å². The molecule has 0 amide bonds. The lowest BCUT2D eigenvalue weighted by molar-refractivity contribution is 0.570. The summed E-state index contributed by atoms with van der Waals surface area (Å²) in [5.41, 5.74) is 9.70. The molecule has 0 aliphatic carbocycles. The zero-order chi connectivity index (χ0) is 30.4. The van der Waals surface area contributed by atoms with Crippen LogP contribution in [0.15, 0.2) is 52.6 Å². The van der Waals surface area contributed by atoms with Crippen LogP contribution in [-0.2, 0) is 28.7 Å². The van der Waals surface area contributed by atoms with Gasteiger partial charge in [-0.05, 0) is 57.8 Å². The lowest BCUT2D eigenvalue weighted by Gasteiger charge is -2.28. The third kappa shape index (κ3) is 6.82. The highest BCUT2D eigenvalue weighted by molar-refractivity contribution is 6.02. The molecule has 3 rings (SSSR count). The van der Waals surface area contributed by atoms with Crippen molar-refractivity contribution in [3.63, 3.8) is 0 Å². The largest absolute Gasteiger partial charge is 0.332 e. The number of imidazole rings is 1. The molecule has 216 valence electrons. The van der Waals surface area contributed by atoms with Crippen LogP contribution in [0.2, 0.25) is 0 Å². The van der Waals surface area contributed by atoms with Crippen LogP contribution in [0.25, 0.3) is 0 Å². The second-order valence-corrected chi connectivity index (χ2v) is 15.4. The maximum absolute atomic E-state index is 5.27. The van der Waals surface area contributed by atoms with Gasteiger partial charge >= 0.3 is 0 Å². The van der Waals surface area contributed by atoms with E-state index in [9.17, 15) is 0 Å². The minimum atomic E-state index is -0.0262. The summed E-state index contributed by atoms with van der Waals surface area (Å²) in [7, 11) is 2.04. The van der Waals surface area contributed by atoms with E-state index in [1.165, 1.54) is 22.3 Å². The lowest BCUT2D eigenvalue weighted by Crippen LogP contribution is -2.17. The van der Waals surface area contributed by atoms with Crippen LogP contribution >= 0.6 is 0 Å². The highest BCUT2D eigenvalue weighted by Gasteiger charge is 2.27. The first-order chi connectivity index (χ1) is 18.1. The van der Waals surface area contributed by atoms with Gasteiger partial charge in [0.05, 0.1) is 22.8 Å². The Balaban J connectivity index is 2.18. The average Bonchev–Trinajstić information content (AvgIpc) is 3.18. The Morgan fingerprint density at radius 3 is 1.23 bits per heavy atom. The molecule has 0 atom stereocenters. The predicted molar refractivity (Wildman–Crippen MR) is 175 cm³/mol. The average molecular weight is 541 g/mol. The molecule has 0 bridgehead atoms. The van der Waals surface area contributed by atoms with E-state index in [1.807, 2.05) is 7.05 Å². The molecule has 0 aliphatic heterocycles. The van der Waals surface area contributed by atoms with E-state index >= 15 is 0 Å². The molecule has 2 aromatic carbocycles. The van der Waals surface area contributed by atoms with Crippen molar-refractivity contribution in [1.82, 2.24) is 9.55 Å². The fourth-order valence-corrected chi connectivity index (χ4v) is 5.17. The van der Waals surface area contributed by atoms with E-state index in [4.69, 9.17) is 15.0 Å². The van der Waals surface area contributed by atoms with E-state index < -0.39 is 0 Å². The number of aromatic nitrogens is 2. The van der Waals surface area contributed by atoms with E-state index in [-0.39, 0.29) is 21.7 Å². The highest BCUT2D eigenvalue weighted by atomic mass is 15.1. The first-order valence-electron chi connectivity index (χ1n) is 14.5. The summed E-state index contributed by atoms with van der Waals surface area (Å²) in [5, 5.41) is 0. The van der Waals surface area contributed by atoms with Crippen molar-refractivity contribution in [2.45, 2.75) is 119 Å². The Bertz CT molecular complexity index is 1370. The van der Waals surface area contributed by atoms with Crippen molar-refractivity contribution in [2.75, 3.05) is 0 Å². The van der Waals surface area contributed by atoms with Crippen molar-refractivity contribution in [3.8, 4) is 0 Å². The molecule has 0 saturated carbocycles. The number of aryl methyl sites for hydroxylation is 1. The van der Waals surface area contributed by atoms with Crippen LogP contribution in [0, 0.1) is 0 Å². The molecule has 40 heavy (non-hydrogen) atoms. The van der Waals surface area contributed by atoms with Crippen molar-refractivity contribution >= 4 is 22.8 Å². The van der Waals surface area contributed by atoms with Gasteiger partial charge in [0.25, 0.3) is 0 Å². The molecule has 4 nitrogen and oxygen atoms in total. The molecule has 1 aromatic heterocycles. The van der Waals surface area contributed by atoms with Crippen LogP contribution in [0.5, 0.6) is 0 Å². The van der Waals surface area contributed by atoms with Gasteiger partial charge in [0.2, 0.25) is 0 Å². The third-order valence-corrected chi connectivity index (χ3v) is 7.43. The number of rotatable bonds is 4. The van der Waals surface area contributed by atoms with Gasteiger partial charge in [-0.15, -0.1) is 0 Å². The molecule has 0 radical (unpaired) electrons. The molecule has 0 aliphatic rings. The maximum Gasteiger partial charge on any atom is 0.154 e. The molecule has 3 aromatic rings. The third-order valence-electron chi connectivity index (χ3n) is 7.43. The van der Waals surface area contributed by atoms with Crippen molar-refractivity contribution in [2.24, 2.45) is 17.0 Å². The minimum absolute atomic E-state index is 0.0237. The quantitative estimate of drug-likeness (QED) is 0.304. The topological polar surface area (TPSA) is 42.5 Å². The molecule has 1 heterocycles. The second kappa shape index (κ2) is 10.8. The van der Waals surface area contributed by atoms with Crippen LogP contribution in [0.3, 0.4) is 0 Å². The van der Waals surface area contributed by atoms with Gasteiger partial charge in [0.1, 0.15) is 5.69 Å². The van der Waals surface area contributed by atoms with Crippen molar-refractivity contribution in [3.05, 3.63) is 76.4 Å². The van der Waals surface area contributed by atoms with Crippen molar-refractivity contribution in [1.29, 1.82) is 0 Å². The minimum Gasteiger partial charge on any atom is -0.332 e. The first kappa shape index (κ1) is 31.5. The number of hydrogen-bond donors (Lipinski definition) is 0. The lowest BCUT2D eigenvalue weighted by atomic mass is 9.79. The fourth-order valence-electron chi connectivity index (χ4n) is 5.17. The summed E-state index contributed by atoms with van der Waals surface area (Å²) in [6.07, 6.45) is 2.07. The number of aliphatic imine (C=N–C) groups is 2. The van der Waals surface area contributed by atoms with Gasteiger partial charge in [-0.3, -0.25) is 4.99 Å². The van der Waals surface area contributed by atoms with E-state index in [0.717, 1.165) is 34.3 Å². The normalized spacial score (nSPS) is 14.2. The Hall–Kier alpha value is -3.01. The monoisotopic (exact) mass is 540 g/mol. The van der Waals surface area contributed by atoms with Gasteiger partial charge < -0.3 is 4.57 Å². The smallest absolute Gasteiger partial charge is 0.154 e. The molecule has 0 saturated heterocycles. The molecule has 4 heteroatoms. The van der Waals surface area contributed by atoms with Gasteiger partial charge in [-0.2, -0.15) is 0 Å². The van der Waals surface area contributed by atoms with Crippen LogP contribution in [0.1, 0.15) is 131 Å². The number of nitrogens with zero attached hydrogens (tertiary/aromatic N) is 4. The number of benzene rings is 2. The van der Waals surface area contributed by atoms with Gasteiger partial charge in [-0.1, -0.05) is 119 Å². The predicted octanol–water partition coefficient (Wildman–Crippen LogP) is 9.89. The van der Waals surface area contributed by atoms with Crippen LogP contribution in [-0.4, -0.2) is 21.0 Å². The molecule has 0 N–H and O–H groups in total.